The molecule has 0 heterocycles. The number of unbranched alkanes of at least 4 members (excludes halogenated alkanes) is 17. The highest BCUT2D eigenvalue weighted by molar-refractivity contribution is 5.71. The van der Waals surface area contributed by atoms with Crippen molar-refractivity contribution in [2.45, 2.75) is 239 Å². The van der Waals surface area contributed by atoms with Gasteiger partial charge in [-0.1, -0.05) is 231 Å². The van der Waals surface area contributed by atoms with Gasteiger partial charge in [0.05, 0.1) is 0 Å². The second-order valence-corrected chi connectivity index (χ2v) is 18.5. The Balaban J connectivity index is 4.61. The molecular formula is C66H104O6. The molecule has 0 radical (unpaired) electrons. The second-order valence-electron chi connectivity index (χ2n) is 18.5. The average molecular weight is 994 g/mol. The van der Waals surface area contributed by atoms with Crippen molar-refractivity contribution in [1.82, 2.24) is 0 Å². The molecule has 1 atom stereocenters. The van der Waals surface area contributed by atoms with Crippen molar-refractivity contribution < 1.29 is 28.6 Å². The highest BCUT2D eigenvalue weighted by Crippen LogP contribution is 2.12. The molecule has 0 N–H and O–H groups in total. The number of ether oxygens (including phenoxy) is 3. The normalized spacial score (nSPS) is 13.2. The zero-order valence-electron chi connectivity index (χ0n) is 46.1. The quantitative estimate of drug-likeness (QED) is 0.0199. The summed E-state index contributed by atoms with van der Waals surface area (Å²) < 4.78 is 16.8. The smallest absolute Gasteiger partial charge is 0.306 e. The number of allylic oxidation sites excluding steroid dienone is 24. The molecule has 0 spiro atoms. The Morgan fingerprint density at radius 2 is 0.611 bits per heavy atom. The standard InChI is InChI=1S/C66H104O6/c1-4-7-10-13-16-19-22-25-28-31-33-36-38-41-44-47-50-53-56-59-65(68)71-62-63(61-70-64(67)58-55-52-49-46-43-40-37-34-30-27-24-21-18-15-12-9-6-3)72-66(69)60-57-54-51-48-45-42-39-35-32-29-26-23-20-17-14-11-8-5-2/h7,10,16,18-19,21,23,25-30,32-33,35-37,39-41,44,46,49,63H,4-6,8-9,11-15,17,20,22,24,31,34,38,42-43,45,47-48,50-62H2,1-3H3/b10-7-,19-16-,21-18-,26-23-,28-25-,30-27-,32-29-,36-33-,39-35-,40-37-,44-41-,49-46-. The molecule has 6 nitrogen and oxygen atoms in total. The van der Waals surface area contributed by atoms with Crippen molar-refractivity contribution in [1.29, 1.82) is 0 Å². The van der Waals surface area contributed by atoms with E-state index in [0.29, 0.717) is 12.8 Å². The second kappa shape index (κ2) is 58.9. The summed E-state index contributed by atoms with van der Waals surface area (Å²) in [6, 6.07) is 0. The third-order valence-corrected chi connectivity index (χ3v) is 11.6. The molecule has 0 aromatic rings. The highest BCUT2D eigenvalue weighted by atomic mass is 16.6. The molecule has 0 rings (SSSR count). The third-order valence-electron chi connectivity index (χ3n) is 11.6. The summed E-state index contributed by atoms with van der Waals surface area (Å²) in [7, 11) is 0. The molecule has 0 amide bonds. The lowest BCUT2D eigenvalue weighted by atomic mass is 10.1. The molecule has 0 aromatic carbocycles. The average Bonchev–Trinajstić information content (AvgIpc) is 3.38. The van der Waals surface area contributed by atoms with Crippen LogP contribution in [0.2, 0.25) is 0 Å². The molecule has 1 unspecified atom stereocenters. The molecule has 0 aliphatic heterocycles. The zero-order valence-corrected chi connectivity index (χ0v) is 46.1. The maximum absolute atomic E-state index is 12.9. The molecule has 0 aromatic heterocycles. The van der Waals surface area contributed by atoms with E-state index < -0.39 is 6.10 Å². The molecular weight excluding hydrogens is 889 g/mol. The minimum absolute atomic E-state index is 0.127. The van der Waals surface area contributed by atoms with Gasteiger partial charge in [0.15, 0.2) is 6.10 Å². The fourth-order valence-electron chi connectivity index (χ4n) is 7.28. The van der Waals surface area contributed by atoms with E-state index >= 15 is 0 Å². The minimum Gasteiger partial charge on any atom is -0.462 e. The van der Waals surface area contributed by atoms with Gasteiger partial charge in [0, 0.05) is 19.3 Å². The van der Waals surface area contributed by atoms with E-state index in [1.807, 2.05) is 0 Å². The van der Waals surface area contributed by atoms with Crippen LogP contribution in [0.1, 0.15) is 233 Å². The highest BCUT2D eigenvalue weighted by Gasteiger charge is 2.19. The summed E-state index contributed by atoms with van der Waals surface area (Å²) in [5.41, 5.74) is 0. The van der Waals surface area contributed by atoms with Gasteiger partial charge in [-0.15, -0.1) is 0 Å². The van der Waals surface area contributed by atoms with Gasteiger partial charge >= 0.3 is 17.9 Å². The number of rotatable bonds is 50. The fraction of sp³-hybridized carbons (Fsp3) is 0.591. The van der Waals surface area contributed by atoms with Crippen LogP contribution in [-0.2, 0) is 28.6 Å². The van der Waals surface area contributed by atoms with Crippen LogP contribution in [0.5, 0.6) is 0 Å². The molecule has 0 saturated heterocycles. The summed E-state index contributed by atoms with van der Waals surface area (Å²) in [5, 5.41) is 0. The van der Waals surface area contributed by atoms with Crippen LogP contribution < -0.4 is 0 Å². The van der Waals surface area contributed by atoms with Crippen molar-refractivity contribution in [2.24, 2.45) is 0 Å². The molecule has 0 fully saturated rings. The summed E-state index contributed by atoms with van der Waals surface area (Å²) >= 11 is 0. The van der Waals surface area contributed by atoms with E-state index in [9.17, 15) is 14.4 Å². The first kappa shape index (κ1) is 67.3. The number of hydrogen-bond acceptors (Lipinski definition) is 6. The lowest BCUT2D eigenvalue weighted by Crippen LogP contribution is -2.30. The van der Waals surface area contributed by atoms with E-state index in [1.54, 1.807) is 0 Å². The number of hydrogen-bond donors (Lipinski definition) is 0. The Morgan fingerprint density at radius 1 is 0.306 bits per heavy atom. The summed E-state index contributed by atoms with van der Waals surface area (Å²) in [5.74, 6) is -1.04. The van der Waals surface area contributed by atoms with E-state index in [2.05, 4.69) is 167 Å². The lowest BCUT2D eigenvalue weighted by Gasteiger charge is -2.18. The SMILES string of the molecule is CC/C=C\C/C=C\C/C=C\C/C=C\C/C=C\CCCCCC(=O)OCC(COC(=O)CCC/C=C\C/C=C\C/C=C\C/C=C\CCCCC)OC(=O)CCCCCCC\C=C/C=C\C=C/CCCCCCC. The van der Waals surface area contributed by atoms with E-state index in [0.717, 1.165) is 128 Å². The maximum atomic E-state index is 12.9. The number of carbonyl (C=O) groups excluding carboxylic acids is 3. The van der Waals surface area contributed by atoms with Crippen LogP contribution in [-0.4, -0.2) is 37.2 Å². The third kappa shape index (κ3) is 56.2. The van der Waals surface area contributed by atoms with E-state index in [4.69, 9.17) is 14.2 Å². The Labute approximate surface area is 442 Å². The first-order chi connectivity index (χ1) is 35.5. The summed E-state index contributed by atoms with van der Waals surface area (Å²) in [6.07, 6.45) is 84.1. The molecule has 0 aliphatic carbocycles. The van der Waals surface area contributed by atoms with Crippen molar-refractivity contribution >= 4 is 17.9 Å². The largest absolute Gasteiger partial charge is 0.462 e. The molecule has 72 heavy (non-hydrogen) atoms. The first-order valence-electron chi connectivity index (χ1n) is 28.9. The van der Waals surface area contributed by atoms with Gasteiger partial charge in [0.2, 0.25) is 0 Å². The van der Waals surface area contributed by atoms with Gasteiger partial charge in [0.25, 0.3) is 0 Å². The molecule has 0 aliphatic rings. The van der Waals surface area contributed by atoms with Gasteiger partial charge < -0.3 is 14.2 Å². The van der Waals surface area contributed by atoms with Gasteiger partial charge in [-0.05, 0) is 128 Å². The van der Waals surface area contributed by atoms with E-state index in [1.165, 1.54) is 57.8 Å². The minimum atomic E-state index is -0.832. The molecule has 0 saturated carbocycles. The predicted octanol–water partition coefficient (Wildman–Crippen LogP) is 19.6. The number of carbonyl (C=O) groups is 3. The predicted molar refractivity (Wildman–Crippen MR) is 311 cm³/mol. The van der Waals surface area contributed by atoms with Crippen molar-refractivity contribution in [3.05, 3.63) is 146 Å². The van der Waals surface area contributed by atoms with Gasteiger partial charge in [0.1, 0.15) is 13.2 Å². The van der Waals surface area contributed by atoms with Crippen LogP contribution in [0.15, 0.2) is 146 Å². The molecule has 6 heteroatoms. The lowest BCUT2D eigenvalue weighted by molar-refractivity contribution is -0.167. The van der Waals surface area contributed by atoms with Crippen LogP contribution in [0.3, 0.4) is 0 Å². The van der Waals surface area contributed by atoms with Crippen LogP contribution in [0.4, 0.5) is 0 Å². The first-order valence-corrected chi connectivity index (χ1v) is 28.9. The Kier molecular flexibility index (Phi) is 55.0. The van der Waals surface area contributed by atoms with Crippen LogP contribution >= 0.6 is 0 Å². The Bertz CT molecular complexity index is 1610. The zero-order chi connectivity index (χ0) is 52.2. The topological polar surface area (TPSA) is 78.9 Å². The summed E-state index contributed by atoms with van der Waals surface area (Å²) in [4.78, 5) is 38.2. The molecule has 0 bridgehead atoms. The maximum Gasteiger partial charge on any atom is 0.306 e. The number of esters is 3. The monoisotopic (exact) mass is 993 g/mol. The Hall–Kier alpha value is -4.71. The Morgan fingerprint density at radius 3 is 1.06 bits per heavy atom. The molecule has 404 valence electrons. The van der Waals surface area contributed by atoms with Gasteiger partial charge in [-0.25, -0.2) is 0 Å². The van der Waals surface area contributed by atoms with Crippen molar-refractivity contribution in [2.75, 3.05) is 13.2 Å². The fourth-order valence-corrected chi connectivity index (χ4v) is 7.28. The van der Waals surface area contributed by atoms with Crippen LogP contribution in [0, 0.1) is 0 Å². The van der Waals surface area contributed by atoms with Crippen molar-refractivity contribution in [3.8, 4) is 0 Å². The van der Waals surface area contributed by atoms with Gasteiger partial charge in [-0.2, -0.15) is 0 Å². The summed E-state index contributed by atoms with van der Waals surface area (Å²) in [6.45, 7) is 6.38. The van der Waals surface area contributed by atoms with Crippen molar-refractivity contribution in [3.63, 3.8) is 0 Å². The van der Waals surface area contributed by atoms with Crippen LogP contribution in [0.25, 0.3) is 0 Å². The van der Waals surface area contributed by atoms with Gasteiger partial charge in [-0.3, -0.25) is 14.4 Å². The van der Waals surface area contributed by atoms with E-state index in [-0.39, 0.29) is 44.0 Å².